The van der Waals surface area contributed by atoms with E-state index in [1.807, 2.05) is 0 Å². The number of morpholine rings is 1. The fourth-order valence-corrected chi connectivity index (χ4v) is 3.56. The van der Waals surface area contributed by atoms with Gasteiger partial charge in [0.05, 0.1) is 31.7 Å². The standard InChI is InChI=1S/C24H25F3N6O3/c1-32-9-7-18(31-32)4-6-22(34)29-19-15-17(23-28-16-21(30-23)24(25,26)27)3-5-20(19)36-12-2-8-33-10-13-35-14-11-33/h3,5,7,9,15-16H,2,8,10-14H2,1H3,(H,28,30)(H,29,34). The number of nitrogens with one attached hydrogen (secondary N) is 2. The van der Waals surface area contributed by atoms with Gasteiger partial charge in [-0.25, -0.2) is 4.98 Å². The number of aromatic nitrogens is 4. The van der Waals surface area contributed by atoms with Gasteiger partial charge in [-0.3, -0.25) is 14.4 Å². The Morgan fingerprint density at radius 1 is 1.28 bits per heavy atom. The lowest BCUT2D eigenvalue weighted by molar-refractivity contribution is -0.140. The fraction of sp³-hybridized carbons (Fsp3) is 0.375. The highest BCUT2D eigenvalue weighted by molar-refractivity contribution is 6.05. The summed E-state index contributed by atoms with van der Waals surface area (Å²) in [5.41, 5.74) is 0.0762. The largest absolute Gasteiger partial charge is 0.491 e. The quantitative estimate of drug-likeness (QED) is 0.381. The zero-order valence-electron chi connectivity index (χ0n) is 19.6. The number of imidazole rings is 1. The molecule has 0 saturated carbocycles. The van der Waals surface area contributed by atoms with Gasteiger partial charge in [0.15, 0.2) is 0 Å². The number of halogens is 3. The van der Waals surface area contributed by atoms with Crippen molar-refractivity contribution in [3.05, 3.63) is 48.0 Å². The maximum absolute atomic E-state index is 13.0. The molecule has 2 aromatic heterocycles. The maximum atomic E-state index is 13.0. The molecule has 1 aromatic carbocycles. The molecule has 12 heteroatoms. The van der Waals surface area contributed by atoms with Gasteiger partial charge in [0, 0.05) is 44.4 Å². The van der Waals surface area contributed by atoms with Crippen LogP contribution in [0.25, 0.3) is 11.4 Å². The Kier molecular flexibility index (Phi) is 7.92. The minimum absolute atomic E-state index is 0.0104. The SMILES string of the molecule is Cn1ccc(C#CC(=O)Nc2cc(-c3ncc(C(F)(F)F)[nH]3)ccc2OCCCN2CCOCC2)n1. The minimum Gasteiger partial charge on any atom is -0.491 e. The number of H-pyrrole nitrogens is 1. The van der Waals surface area contributed by atoms with Crippen LogP contribution in [0.1, 0.15) is 17.8 Å². The molecule has 0 bridgehead atoms. The monoisotopic (exact) mass is 502 g/mol. The van der Waals surface area contributed by atoms with Crippen LogP contribution >= 0.6 is 0 Å². The lowest BCUT2D eigenvalue weighted by atomic mass is 10.1. The number of amides is 1. The lowest BCUT2D eigenvalue weighted by Gasteiger charge is -2.26. The van der Waals surface area contributed by atoms with E-state index in [-0.39, 0.29) is 11.5 Å². The highest BCUT2D eigenvalue weighted by atomic mass is 19.4. The normalized spacial score (nSPS) is 14.2. The summed E-state index contributed by atoms with van der Waals surface area (Å²) in [5, 5.41) is 6.76. The third-order valence-corrected chi connectivity index (χ3v) is 5.38. The van der Waals surface area contributed by atoms with E-state index in [0.717, 1.165) is 32.3 Å². The number of benzene rings is 1. The average Bonchev–Trinajstić information content (AvgIpc) is 3.51. The van der Waals surface area contributed by atoms with E-state index in [9.17, 15) is 18.0 Å². The molecule has 0 spiro atoms. The van der Waals surface area contributed by atoms with Gasteiger partial charge < -0.3 is 19.8 Å². The van der Waals surface area contributed by atoms with E-state index >= 15 is 0 Å². The Labute approximate surface area is 205 Å². The first kappa shape index (κ1) is 25.3. The van der Waals surface area contributed by atoms with E-state index in [4.69, 9.17) is 9.47 Å². The smallest absolute Gasteiger partial charge is 0.432 e. The van der Waals surface area contributed by atoms with Crippen LogP contribution in [0.3, 0.4) is 0 Å². The number of ether oxygens (including phenoxy) is 2. The van der Waals surface area contributed by atoms with E-state index in [1.165, 1.54) is 6.07 Å². The van der Waals surface area contributed by atoms with Crippen molar-refractivity contribution in [1.29, 1.82) is 0 Å². The van der Waals surface area contributed by atoms with Crippen LogP contribution in [0, 0.1) is 11.8 Å². The summed E-state index contributed by atoms with van der Waals surface area (Å²) in [6.45, 7) is 4.38. The molecule has 0 aliphatic carbocycles. The van der Waals surface area contributed by atoms with E-state index in [2.05, 4.69) is 37.1 Å². The summed E-state index contributed by atoms with van der Waals surface area (Å²) in [6.07, 6.45) is -1.37. The Hall–Kier alpha value is -3.82. The third kappa shape index (κ3) is 6.87. The predicted octanol–water partition coefficient (Wildman–Crippen LogP) is 2.92. The third-order valence-electron chi connectivity index (χ3n) is 5.38. The molecule has 0 unspecified atom stereocenters. The highest BCUT2D eigenvalue weighted by Crippen LogP contribution is 2.33. The van der Waals surface area contributed by atoms with Crippen LogP contribution in [-0.4, -0.2) is 70.0 Å². The van der Waals surface area contributed by atoms with Crippen molar-refractivity contribution in [2.45, 2.75) is 12.6 Å². The Balaban J connectivity index is 1.49. The second-order valence-electron chi connectivity index (χ2n) is 8.09. The number of carbonyl (C=O) groups is 1. The summed E-state index contributed by atoms with van der Waals surface area (Å²) < 4.78 is 51.8. The van der Waals surface area contributed by atoms with Crippen molar-refractivity contribution >= 4 is 11.6 Å². The van der Waals surface area contributed by atoms with Gasteiger partial charge in [-0.05, 0) is 36.6 Å². The molecule has 1 saturated heterocycles. The van der Waals surface area contributed by atoms with Crippen molar-refractivity contribution in [1.82, 2.24) is 24.6 Å². The van der Waals surface area contributed by atoms with Crippen LogP contribution in [0.2, 0.25) is 0 Å². The Morgan fingerprint density at radius 3 is 2.78 bits per heavy atom. The molecule has 1 amide bonds. The zero-order chi connectivity index (χ0) is 25.5. The Morgan fingerprint density at radius 2 is 2.08 bits per heavy atom. The summed E-state index contributed by atoms with van der Waals surface area (Å²) in [4.78, 5) is 20.9. The topological polar surface area (TPSA) is 97.3 Å². The zero-order valence-corrected chi connectivity index (χ0v) is 19.6. The van der Waals surface area contributed by atoms with Crippen molar-refractivity contribution in [3.63, 3.8) is 0 Å². The van der Waals surface area contributed by atoms with Crippen LogP contribution in [-0.2, 0) is 22.8 Å². The molecule has 3 aromatic rings. The van der Waals surface area contributed by atoms with Gasteiger partial charge in [-0.1, -0.05) is 0 Å². The van der Waals surface area contributed by atoms with Gasteiger partial charge in [0.2, 0.25) is 0 Å². The number of hydrogen-bond donors (Lipinski definition) is 2. The van der Waals surface area contributed by atoms with E-state index < -0.39 is 17.8 Å². The lowest BCUT2D eigenvalue weighted by Crippen LogP contribution is -2.37. The molecular weight excluding hydrogens is 477 g/mol. The second kappa shape index (κ2) is 11.3. The van der Waals surface area contributed by atoms with Crippen molar-refractivity contribution in [2.24, 2.45) is 7.05 Å². The van der Waals surface area contributed by atoms with E-state index in [1.54, 1.807) is 36.1 Å². The van der Waals surface area contributed by atoms with Crippen molar-refractivity contribution in [3.8, 4) is 29.0 Å². The summed E-state index contributed by atoms with van der Waals surface area (Å²) in [6, 6.07) is 6.32. The number of hydrogen-bond acceptors (Lipinski definition) is 6. The van der Waals surface area contributed by atoms with Crippen molar-refractivity contribution in [2.75, 3.05) is 44.8 Å². The van der Waals surface area contributed by atoms with Gasteiger partial charge >= 0.3 is 12.1 Å². The summed E-state index contributed by atoms with van der Waals surface area (Å²) >= 11 is 0. The first-order chi connectivity index (χ1) is 17.3. The molecule has 36 heavy (non-hydrogen) atoms. The Bertz CT molecular complexity index is 1250. The molecule has 1 fully saturated rings. The number of rotatable bonds is 7. The predicted molar refractivity (Wildman–Crippen MR) is 125 cm³/mol. The van der Waals surface area contributed by atoms with Crippen LogP contribution < -0.4 is 10.1 Å². The molecule has 0 radical (unpaired) electrons. The molecule has 190 valence electrons. The number of alkyl halides is 3. The first-order valence-corrected chi connectivity index (χ1v) is 11.3. The second-order valence-corrected chi connectivity index (χ2v) is 8.09. The maximum Gasteiger partial charge on any atom is 0.432 e. The number of nitrogens with zero attached hydrogens (tertiary/aromatic N) is 4. The highest BCUT2D eigenvalue weighted by Gasteiger charge is 2.33. The summed E-state index contributed by atoms with van der Waals surface area (Å²) in [5.74, 6) is 4.89. The van der Waals surface area contributed by atoms with Crippen LogP contribution in [0.4, 0.5) is 18.9 Å². The van der Waals surface area contributed by atoms with Gasteiger partial charge in [0.1, 0.15) is 23.0 Å². The van der Waals surface area contributed by atoms with Gasteiger partial charge in [0.25, 0.3) is 0 Å². The number of anilines is 1. The average molecular weight is 502 g/mol. The van der Waals surface area contributed by atoms with Crippen LogP contribution in [0.15, 0.2) is 36.7 Å². The van der Waals surface area contributed by atoms with E-state index in [0.29, 0.717) is 36.8 Å². The van der Waals surface area contributed by atoms with Crippen molar-refractivity contribution < 1.29 is 27.4 Å². The molecule has 2 N–H and O–H groups in total. The summed E-state index contributed by atoms with van der Waals surface area (Å²) in [7, 11) is 1.73. The molecule has 9 nitrogen and oxygen atoms in total. The van der Waals surface area contributed by atoms with Gasteiger partial charge in [-0.2, -0.15) is 18.3 Å². The molecule has 1 aliphatic heterocycles. The number of carbonyl (C=O) groups excluding carboxylic acids is 1. The number of aryl methyl sites for hydroxylation is 1. The van der Waals surface area contributed by atoms with Crippen LogP contribution in [0.5, 0.6) is 5.75 Å². The molecule has 1 aliphatic rings. The molecule has 3 heterocycles. The molecule has 0 atom stereocenters. The molecular formula is C24H25F3N6O3. The number of aromatic amines is 1. The molecule has 4 rings (SSSR count). The van der Waals surface area contributed by atoms with Gasteiger partial charge in [-0.15, -0.1) is 0 Å². The first-order valence-electron chi connectivity index (χ1n) is 11.3. The minimum atomic E-state index is -4.55. The fourth-order valence-electron chi connectivity index (χ4n) is 3.56.